The van der Waals surface area contributed by atoms with Gasteiger partial charge in [-0.15, -0.1) is 0 Å². The van der Waals surface area contributed by atoms with Crippen LogP contribution in [0.4, 0.5) is 5.69 Å². The lowest BCUT2D eigenvalue weighted by Gasteiger charge is -2.18. The van der Waals surface area contributed by atoms with Gasteiger partial charge < -0.3 is 4.74 Å². The molecule has 0 aliphatic carbocycles. The number of esters is 1. The molecular formula is C22H19NO4. The topological polar surface area (TPSA) is 69.4 Å². The van der Waals surface area contributed by atoms with Gasteiger partial charge in [0.1, 0.15) is 0 Å². The number of nitro benzene ring substituents is 1. The van der Waals surface area contributed by atoms with Crippen molar-refractivity contribution in [3.05, 3.63) is 112 Å². The standard InChI is InChI=1S/C22H19NO4/c24-22(19-11-13-21(14-12-19)23(25)26)27-16-20(18-9-5-2-6-10-18)15-17-7-3-1-4-8-17/h1-14,20H,15-16H2/t20-/m1/s1. The van der Waals surface area contributed by atoms with E-state index in [1.165, 1.54) is 24.3 Å². The highest BCUT2D eigenvalue weighted by Gasteiger charge is 2.17. The molecule has 0 spiro atoms. The van der Waals surface area contributed by atoms with E-state index in [0.717, 1.165) is 17.5 Å². The van der Waals surface area contributed by atoms with Crippen LogP contribution in [0.25, 0.3) is 0 Å². The largest absolute Gasteiger partial charge is 0.461 e. The molecule has 136 valence electrons. The molecule has 0 aliphatic rings. The summed E-state index contributed by atoms with van der Waals surface area (Å²) in [5.74, 6) is -0.463. The van der Waals surface area contributed by atoms with Crippen LogP contribution in [0, 0.1) is 10.1 Å². The number of carbonyl (C=O) groups excluding carboxylic acids is 1. The summed E-state index contributed by atoms with van der Waals surface area (Å²) < 4.78 is 5.51. The Morgan fingerprint density at radius 1 is 0.889 bits per heavy atom. The molecule has 1 atom stereocenters. The van der Waals surface area contributed by atoms with Crippen molar-refractivity contribution in [3.8, 4) is 0 Å². The smallest absolute Gasteiger partial charge is 0.338 e. The monoisotopic (exact) mass is 361 g/mol. The van der Waals surface area contributed by atoms with E-state index in [1.54, 1.807) is 0 Å². The first kappa shape index (κ1) is 18.3. The summed E-state index contributed by atoms with van der Waals surface area (Å²) in [5, 5.41) is 10.7. The average Bonchev–Trinajstić information content (AvgIpc) is 2.72. The molecule has 5 nitrogen and oxygen atoms in total. The maximum Gasteiger partial charge on any atom is 0.338 e. The van der Waals surface area contributed by atoms with Gasteiger partial charge in [-0.3, -0.25) is 10.1 Å². The van der Waals surface area contributed by atoms with Gasteiger partial charge in [0.2, 0.25) is 0 Å². The second kappa shape index (κ2) is 8.76. The Morgan fingerprint density at radius 3 is 2.07 bits per heavy atom. The Morgan fingerprint density at radius 2 is 1.48 bits per heavy atom. The molecule has 0 unspecified atom stereocenters. The van der Waals surface area contributed by atoms with E-state index in [4.69, 9.17) is 4.74 Å². The molecule has 27 heavy (non-hydrogen) atoms. The summed E-state index contributed by atoms with van der Waals surface area (Å²) in [6.07, 6.45) is 0.748. The van der Waals surface area contributed by atoms with E-state index >= 15 is 0 Å². The normalized spacial score (nSPS) is 11.6. The highest BCUT2D eigenvalue weighted by Crippen LogP contribution is 2.22. The summed E-state index contributed by atoms with van der Waals surface area (Å²) in [5.41, 5.74) is 2.50. The van der Waals surface area contributed by atoms with Gasteiger partial charge in [-0.2, -0.15) is 0 Å². The van der Waals surface area contributed by atoms with Crippen LogP contribution < -0.4 is 0 Å². The van der Waals surface area contributed by atoms with Crippen molar-refractivity contribution >= 4 is 11.7 Å². The number of ether oxygens (including phenoxy) is 1. The van der Waals surface area contributed by atoms with Crippen LogP contribution in [0.1, 0.15) is 27.4 Å². The molecule has 0 amide bonds. The first-order valence-electron chi connectivity index (χ1n) is 8.64. The van der Waals surface area contributed by atoms with Crippen LogP contribution in [-0.2, 0) is 11.2 Å². The Hall–Kier alpha value is -3.47. The maximum absolute atomic E-state index is 12.3. The Labute approximate surface area is 157 Å². The second-order valence-corrected chi connectivity index (χ2v) is 6.20. The van der Waals surface area contributed by atoms with Gasteiger partial charge in [0.25, 0.3) is 5.69 Å². The van der Waals surface area contributed by atoms with Crippen molar-refractivity contribution in [1.82, 2.24) is 0 Å². The fourth-order valence-electron chi connectivity index (χ4n) is 2.88. The summed E-state index contributed by atoms with van der Waals surface area (Å²) in [4.78, 5) is 22.5. The maximum atomic E-state index is 12.3. The van der Waals surface area contributed by atoms with Crippen molar-refractivity contribution in [2.24, 2.45) is 0 Å². The van der Waals surface area contributed by atoms with Crippen LogP contribution in [0.2, 0.25) is 0 Å². The predicted molar refractivity (Wildman–Crippen MR) is 103 cm³/mol. The van der Waals surface area contributed by atoms with Gasteiger partial charge in [-0.1, -0.05) is 60.7 Å². The first-order valence-corrected chi connectivity index (χ1v) is 8.64. The highest BCUT2D eigenvalue weighted by molar-refractivity contribution is 5.89. The SMILES string of the molecule is O=C(OC[C@@H](Cc1ccccc1)c1ccccc1)c1ccc([N+](=O)[O-])cc1. The zero-order valence-electron chi connectivity index (χ0n) is 14.7. The molecule has 0 saturated carbocycles. The number of carbonyl (C=O) groups is 1. The third-order valence-corrected chi connectivity index (χ3v) is 4.33. The molecule has 0 N–H and O–H groups in total. The highest BCUT2D eigenvalue weighted by atomic mass is 16.6. The quantitative estimate of drug-likeness (QED) is 0.345. The molecule has 3 aromatic rings. The Kier molecular flexibility index (Phi) is 5.94. The van der Waals surface area contributed by atoms with E-state index in [9.17, 15) is 14.9 Å². The molecule has 0 fully saturated rings. The lowest BCUT2D eigenvalue weighted by molar-refractivity contribution is -0.384. The van der Waals surface area contributed by atoms with Crippen LogP contribution in [0.3, 0.4) is 0 Å². The van der Waals surface area contributed by atoms with Crippen LogP contribution >= 0.6 is 0 Å². The molecule has 0 aromatic heterocycles. The summed E-state index contributed by atoms with van der Waals surface area (Å²) in [6.45, 7) is 0.231. The molecule has 0 heterocycles. The molecule has 0 radical (unpaired) electrons. The summed E-state index contributed by atoms with van der Waals surface area (Å²) in [6, 6.07) is 25.4. The van der Waals surface area contributed by atoms with Gasteiger partial charge in [-0.05, 0) is 29.7 Å². The van der Waals surface area contributed by atoms with E-state index in [0.29, 0.717) is 5.56 Å². The molecule has 3 rings (SSSR count). The predicted octanol–water partition coefficient (Wildman–Crippen LogP) is 4.78. The van der Waals surface area contributed by atoms with Crippen LogP contribution in [-0.4, -0.2) is 17.5 Å². The van der Waals surface area contributed by atoms with Crippen LogP contribution in [0.5, 0.6) is 0 Å². The van der Waals surface area contributed by atoms with Gasteiger partial charge in [0.05, 0.1) is 17.1 Å². The van der Waals surface area contributed by atoms with Crippen molar-refractivity contribution < 1.29 is 14.5 Å². The Bertz CT molecular complexity index is 893. The fraction of sp³-hybridized carbons (Fsp3) is 0.136. The lowest BCUT2D eigenvalue weighted by atomic mass is 9.93. The fourth-order valence-corrected chi connectivity index (χ4v) is 2.88. The van der Waals surface area contributed by atoms with Crippen LogP contribution in [0.15, 0.2) is 84.9 Å². The number of non-ortho nitro benzene ring substituents is 1. The zero-order valence-corrected chi connectivity index (χ0v) is 14.7. The van der Waals surface area contributed by atoms with Crippen molar-refractivity contribution in [2.75, 3.05) is 6.61 Å². The third kappa shape index (κ3) is 5.01. The molecular weight excluding hydrogens is 342 g/mol. The number of benzene rings is 3. The summed E-state index contributed by atoms with van der Waals surface area (Å²) >= 11 is 0. The minimum atomic E-state index is -0.500. The Balaban J connectivity index is 1.70. The lowest BCUT2D eigenvalue weighted by Crippen LogP contribution is -2.15. The van der Waals surface area contributed by atoms with Gasteiger partial charge in [-0.25, -0.2) is 4.79 Å². The molecule has 0 aliphatic heterocycles. The van der Waals surface area contributed by atoms with E-state index in [1.807, 2.05) is 60.7 Å². The minimum Gasteiger partial charge on any atom is -0.461 e. The van der Waals surface area contributed by atoms with Crippen molar-refractivity contribution in [2.45, 2.75) is 12.3 Å². The minimum absolute atomic E-state index is 0.0237. The van der Waals surface area contributed by atoms with E-state index < -0.39 is 10.9 Å². The van der Waals surface area contributed by atoms with Gasteiger partial charge in [0.15, 0.2) is 0 Å². The first-order chi connectivity index (χ1) is 13.1. The number of rotatable bonds is 7. The summed E-state index contributed by atoms with van der Waals surface area (Å²) in [7, 11) is 0. The molecule has 0 bridgehead atoms. The van der Waals surface area contributed by atoms with Crippen molar-refractivity contribution in [1.29, 1.82) is 0 Å². The average molecular weight is 361 g/mol. The molecule has 0 saturated heterocycles. The number of nitrogens with zero attached hydrogens (tertiary/aromatic N) is 1. The number of nitro groups is 1. The van der Waals surface area contributed by atoms with Gasteiger partial charge >= 0.3 is 5.97 Å². The third-order valence-electron chi connectivity index (χ3n) is 4.33. The number of hydrogen-bond acceptors (Lipinski definition) is 4. The van der Waals surface area contributed by atoms with E-state index in [2.05, 4.69) is 0 Å². The number of hydrogen-bond donors (Lipinski definition) is 0. The second-order valence-electron chi connectivity index (χ2n) is 6.20. The van der Waals surface area contributed by atoms with E-state index in [-0.39, 0.29) is 18.2 Å². The molecule has 5 heteroatoms. The zero-order chi connectivity index (χ0) is 19.1. The molecule has 3 aromatic carbocycles. The van der Waals surface area contributed by atoms with Crippen molar-refractivity contribution in [3.63, 3.8) is 0 Å². The van der Waals surface area contributed by atoms with Gasteiger partial charge in [0, 0.05) is 18.1 Å².